The van der Waals surface area contributed by atoms with Gasteiger partial charge in [0.05, 0.1) is 16.5 Å². The van der Waals surface area contributed by atoms with Crippen LogP contribution in [0.1, 0.15) is 48.8 Å². The summed E-state index contributed by atoms with van der Waals surface area (Å²) in [6.45, 7) is 0.235. The van der Waals surface area contributed by atoms with E-state index in [0.29, 0.717) is 21.5 Å². The van der Waals surface area contributed by atoms with Crippen LogP contribution in [0.3, 0.4) is 0 Å². The molecule has 37 heavy (non-hydrogen) atoms. The Balaban J connectivity index is 1.66. The summed E-state index contributed by atoms with van der Waals surface area (Å²) in [4.78, 5) is 29.3. The Kier molecular flexibility index (Phi) is 9.90. The fraction of sp³-hybridized carbons (Fsp3) is 0.333. The summed E-state index contributed by atoms with van der Waals surface area (Å²) in [6, 6.07) is 21.8. The van der Waals surface area contributed by atoms with Gasteiger partial charge in [0.25, 0.3) is 0 Å². The molecule has 2 amide bonds. The van der Waals surface area contributed by atoms with Gasteiger partial charge in [-0.3, -0.25) is 9.59 Å². The van der Waals surface area contributed by atoms with Crippen molar-refractivity contribution in [2.75, 3.05) is 0 Å². The van der Waals surface area contributed by atoms with E-state index in [9.17, 15) is 9.59 Å². The third kappa shape index (κ3) is 7.98. The highest BCUT2D eigenvalue weighted by atomic mass is 35.5. The lowest BCUT2D eigenvalue weighted by atomic mass is 9.94. The Bertz CT molecular complexity index is 1200. The maximum Gasteiger partial charge on any atom is 0.243 e. The Labute approximate surface area is 233 Å². The standard InChI is InChI=1S/C30H31Cl3N2O2/c31-24-14-11-22(12-15-24)19-29(36)35(20-23-13-16-26(32)27(33)17-23)28(18-21-7-3-1-4-8-21)30(37)34-25-9-5-2-6-10-25/h1,3-4,7-8,11-17,25,28H,2,5-6,9-10,18-20H2,(H,34,37)/t28-/m0/s1. The molecule has 1 N–H and O–H groups in total. The highest BCUT2D eigenvalue weighted by Gasteiger charge is 2.32. The van der Waals surface area contributed by atoms with Gasteiger partial charge in [-0.15, -0.1) is 0 Å². The zero-order chi connectivity index (χ0) is 26.2. The lowest BCUT2D eigenvalue weighted by Crippen LogP contribution is -2.53. The first-order valence-electron chi connectivity index (χ1n) is 12.7. The molecule has 0 aromatic heterocycles. The summed E-state index contributed by atoms with van der Waals surface area (Å²) >= 11 is 18.5. The molecular formula is C30H31Cl3N2O2. The van der Waals surface area contributed by atoms with Gasteiger partial charge in [0.2, 0.25) is 11.8 Å². The van der Waals surface area contributed by atoms with Gasteiger partial charge in [-0.05, 0) is 53.8 Å². The van der Waals surface area contributed by atoms with E-state index in [1.54, 1.807) is 29.2 Å². The van der Waals surface area contributed by atoms with Gasteiger partial charge in [-0.2, -0.15) is 0 Å². The summed E-state index contributed by atoms with van der Waals surface area (Å²) in [5.74, 6) is -0.270. The molecule has 1 fully saturated rings. The van der Waals surface area contributed by atoms with Crippen molar-refractivity contribution < 1.29 is 9.59 Å². The first kappa shape index (κ1) is 27.5. The molecule has 1 atom stereocenters. The molecule has 0 radical (unpaired) electrons. The summed E-state index contributed by atoms with van der Waals surface area (Å²) in [5.41, 5.74) is 2.63. The maximum absolute atomic E-state index is 13.8. The van der Waals surface area contributed by atoms with Gasteiger partial charge in [0.1, 0.15) is 6.04 Å². The van der Waals surface area contributed by atoms with E-state index in [-0.39, 0.29) is 30.8 Å². The highest BCUT2D eigenvalue weighted by molar-refractivity contribution is 6.42. The predicted octanol–water partition coefficient (Wildman–Crippen LogP) is 7.28. The normalized spacial score (nSPS) is 14.7. The molecule has 4 nitrogen and oxygen atoms in total. The zero-order valence-electron chi connectivity index (χ0n) is 20.6. The van der Waals surface area contributed by atoms with Crippen LogP contribution in [0, 0.1) is 0 Å². The molecule has 0 heterocycles. The number of rotatable bonds is 9. The number of nitrogens with zero attached hydrogens (tertiary/aromatic N) is 1. The second kappa shape index (κ2) is 13.3. The molecular weight excluding hydrogens is 527 g/mol. The van der Waals surface area contributed by atoms with E-state index in [2.05, 4.69) is 5.32 Å². The van der Waals surface area contributed by atoms with E-state index in [4.69, 9.17) is 34.8 Å². The minimum atomic E-state index is -0.682. The molecule has 0 aliphatic heterocycles. The van der Waals surface area contributed by atoms with Crippen molar-refractivity contribution in [2.24, 2.45) is 0 Å². The number of carbonyl (C=O) groups excluding carboxylic acids is 2. The van der Waals surface area contributed by atoms with Crippen LogP contribution < -0.4 is 5.32 Å². The van der Waals surface area contributed by atoms with Crippen molar-refractivity contribution in [3.63, 3.8) is 0 Å². The molecule has 0 saturated heterocycles. The van der Waals surface area contributed by atoms with Crippen molar-refractivity contribution in [1.29, 1.82) is 0 Å². The first-order valence-corrected chi connectivity index (χ1v) is 13.8. The number of carbonyl (C=O) groups is 2. The molecule has 4 rings (SSSR count). The summed E-state index contributed by atoms with van der Waals surface area (Å²) in [6.07, 6.45) is 5.91. The average Bonchev–Trinajstić information content (AvgIpc) is 2.90. The number of hydrogen-bond acceptors (Lipinski definition) is 2. The monoisotopic (exact) mass is 556 g/mol. The van der Waals surface area contributed by atoms with E-state index in [1.807, 2.05) is 48.5 Å². The second-order valence-corrected chi connectivity index (χ2v) is 10.9. The maximum atomic E-state index is 13.8. The Morgan fingerprint density at radius 1 is 0.811 bits per heavy atom. The van der Waals surface area contributed by atoms with Crippen molar-refractivity contribution >= 4 is 46.6 Å². The summed E-state index contributed by atoms with van der Waals surface area (Å²) in [7, 11) is 0. The van der Waals surface area contributed by atoms with Crippen LogP contribution in [0.4, 0.5) is 0 Å². The van der Waals surface area contributed by atoms with Crippen LogP contribution in [-0.4, -0.2) is 28.8 Å². The Morgan fingerprint density at radius 2 is 1.49 bits per heavy atom. The van der Waals surface area contributed by atoms with Gasteiger partial charge < -0.3 is 10.2 Å². The van der Waals surface area contributed by atoms with Gasteiger partial charge in [-0.1, -0.05) is 103 Å². The molecule has 194 valence electrons. The third-order valence-electron chi connectivity index (χ3n) is 6.83. The van der Waals surface area contributed by atoms with Crippen LogP contribution in [0.15, 0.2) is 72.8 Å². The smallest absolute Gasteiger partial charge is 0.243 e. The minimum absolute atomic E-state index is 0.125. The second-order valence-electron chi connectivity index (χ2n) is 9.62. The van der Waals surface area contributed by atoms with Crippen LogP contribution in [0.2, 0.25) is 15.1 Å². The quantitative estimate of drug-likeness (QED) is 0.301. The number of halogens is 3. The highest BCUT2D eigenvalue weighted by Crippen LogP contribution is 2.25. The van der Waals surface area contributed by atoms with E-state index >= 15 is 0 Å². The Hall–Kier alpha value is -2.53. The minimum Gasteiger partial charge on any atom is -0.352 e. The molecule has 1 aliphatic rings. The van der Waals surface area contributed by atoms with Crippen LogP contribution in [-0.2, 0) is 29.0 Å². The molecule has 0 unspecified atom stereocenters. The average molecular weight is 558 g/mol. The molecule has 7 heteroatoms. The zero-order valence-corrected chi connectivity index (χ0v) is 22.9. The fourth-order valence-corrected chi connectivity index (χ4v) is 5.26. The number of amides is 2. The number of nitrogens with one attached hydrogen (secondary N) is 1. The number of benzene rings is 3. The third-order valence-corrected chi connectivity index (χ3v) is 7.82. The van der Waals surface area contributed by atoms with Crippen molar-refractivity contribution in [3.05, 3.63) is 105 Å². The molecule has 1 saturated carbocycles. The van der Waals surface area contributed by atoms with Gasteiger partial charge >= 0.3 is 0 Å². The molecule has 1 aliphatic carbocycles. The lowest BCUT2D eigenvalue weighted by Gasteiger charge is -2.33. The van der Waals surface area contributed by atoms with Crippen LogP contribution in [0.25, 0.3) is 0 Å². The van der Waals surface area contributed by atoms with E-state index < -0.39 is 6.04 Å². The topological polar surface area (TPSA) is 49.4 Å². The van der Waals surface area contributed by atoms with E-state index in [1.165, 1.54) is 6.42 Å². The molecule has 3 aromatic rings. The number of hydrogen-bond donors (Lipinski definition) is 1. The molecule has 0 spiro atoms. The Morgan fingerprint density at radius 3 is 2.16 bits per heavy atom. The van der Waals surface area contributed by atoms with Crippen molar-refractivity contribution in [3.8, 4) is 0 Å². The van der Waals surface area contributed by atoms with Crippen molar-refractivity contribution in [1.82, 2.24) is 10.2 Å². The van der Waals surface area contributed by atoms with E-state index in [0.717, 1.165) is 42.4 Å². The summed E-state index contributed by atoms with van der Waals surface area (Å²) < 4.78 is 0. The van der Waals surface area contributed by atoms with Gasteiger partial charge in [0.15, 0.2) is 0 Å². The van der Waals surface area contributed by atoms with Gasteiger partial charge in [0, 0.05) is 24.0 Å². The van der Waals surface area contributed by atoms with Gasteiger partial charge in [-0.25, -0.2) is 0 Å². The molecule has 0 bridgehead atoms. The fourth-order valence-electron chi connectivity index (χ4n) is 4.81. The van der Waals surface area contributed by atoms with Crippen LogP contribution >= 0.6 is 34.8 Å². The first-order chi connectivity index (χ1) is 17.9. The summed E-state index contributed by atoms with van der Waals surface area (Å²) in [5, 5.41) is 4.72. The SMILES string of the molecule is O=C(NC1CCCCC1)[C@H](Cc1ccccc1)N(Cc1ccc(Cl)c(Cl)c1)C(=O)Cc1ccc(Cl)cc1. The van der Waals surface area contributed by atoms with Crippen molar-refractivity contribution in [2.45, 2.75) is 63.6 Å². The predicted molar refractivity (Wildman–Crippen MR) is 151 cm³/mol. The largest absolute Gasteiger partial charge is 0.352 e. The molecule has 3 aromatic carbocycles. The lowest BCUT2D eigenvalue weighted by molar-refractivity contribution is -0.141. The van der Waals surface area contributed by atoms with Crippen LogP contribution in [0.5, 0.6) is 0 Å².